The number of hydrogen-bond donors (Lipinski definition) is 0. The Hall–Kier alpha value is -0.150. The molecule has 2 nitrogen and oxygen atoms in total. The summed E-state index contributed by atoms with van der Waals surface area (Å²) in [6.45, 7) is 5.18. The van der Waals surface area contributed by atoms with Gasteiger partial charge >= 0.3 is 0 Å². The molecule has 10 heavy (non-hydrogen) atoms. The Labute approximate surface area is 61.4 Å². The van der Waals surface area contributed by atoms with Crippen LogP contribution < -0.4 is 5.32 Å². The number of rotatable bonds is 2. The first-order chi connectivity index (χ1) is 4.83. The summed E-state index contributed by atoms with van der Waals surface area (Å²) in [5.74, 6) is 0. The van der Waals surface area contributed by atoms with Crippen molar-refractivity contribution in [2.45, 2.75) is 13.0 Å². The van der Waals surface area contributed by atoms with E-state index < -0.39 is 0 Å². The lowest BCUT2D eigenvalue weighted by molar-refractivity contribution is 0.190. The zero-order valence-electron chi connectivity index (χ0n) is 6.39. The first kappa shape index (κ1) is 7.95. The molecule has 0 aromatic carbocycles. The van der Waals surface area contributed by atoms with Crippen molar-refractivity contribution in [3.63, 3.8) is 0 Å². The van der Waals surface area contributed by atoms with E-state index in [4.69, 9.17) is 0 Å². The molecular formula is C7H14FN2. The summed E-state index contributed by atoms with van der Waals surface area (Å²) in [5, 5.41) is 4.30. The molecule has 0 N–H and O–H groups in total. The Balaban J connectivity index is 2.18. The summed E-state index contributed by atoms with van der Waals surface area (Å²) in [6.07, 6.45) is 0. The van der Waals surface area contributed by atoms with Gasteiger partial charge in [-0.05, 0) is 6.92 Å². The third-order valence-corrected chi connectivity index (χ3v) is 1.78. The maximum absolute atomic E-state index is 11.8. The Morgan fingerprint density at radius 1 is 1.70 bits per heavy atom. The summed E-state index contributed by atoms with van der Waals surface area (Å²) >= 11 is 0. The largest absolute Gasteiger partial charge is 0.298 e. The number of hydrogen-bond acceptors (Lipinski definition) is 1. The van der Waals surface area contributed by atoms with Crippen molar-refractivity contribution in [2.24, 2.45) is 0 Å². The zero-order valence-corrected chi connectivity index (χ0v) is 6.39. The van der Waals surface area contributed by atoms with Gasteiger partial charge in [-0.2, -0.15) is 0 Å². The normalized spacial score (nSPS) is 28.8. The second-order valence-electron chi connectivity index (χ2n) is 2.74. The number of nitrogens with zero attached hydrogens (tertiary/aromatic N) is 2. The molecule has 0 aliphatic carbocycles. The lowest BCUT2D eigenvalue weighted by Crippen LogP contribution is -2.46. The molecule has 1 aliphatic rings. The van der Waals surface area contributed by atoms with E-state index in [1.54, 1.807) is 0 Å². The SMILES string of the molecule is CC1CN(CCF)CC[N]1. The highest BCUT2D eigenvalue weighted by Crippen LogP contribution is 1.98. The molecule has 0 bridgehead atoms. The molecule has 0 aromatic heterocycles. The molecule has 1 saturated heterocycles. The first-order valence-corrected chi connectivity index (χ1v) is 3.78. The standard InChI is InChI=1S/C7H14FN2/c1-7-6-10(4-2-8)5-3-9-7/h7H,2-6H2,1H3. The third-order valence-electron chi connectivity index (χ3n) is 1.78. The van der Waals surface area contributed by atoms with Crippen molar-refractivity contribution in [3.8, 4) is 0 Å². The molecule has 1 heterocycles. The van der Waals surface area contributed by atoms with Crippen LogP contribution in [0, 0.1) is 0 Å². The fourth-order valence-corrected chi connectivity index (χ4v) is 1.26. The van der Waals surface area contributed by atoms with Gasteiger partial charge in [0.05, 0.1) is 0 Å². The second-order valence-corrected chi connectivity index (χ2v) is 2.74. The lowest BCUT2D eigenvalue weighted by Gasteiger charge is -2.29. The highest BCUT2D eigenvalue weighted by Gasteiger charge is 2.15. The van der Waals surface area contributed by atoms with E-state index in [0.717, 1.165) is 19.6 Å². The van der Waals surface area contributed by atoms with Crippen LogP contribution in [-0.4, -0.2) is 43.8 Å². The summed E-state index contributed by atoms with van der Waals surface area (Å²) in [4.78, 5) is 2.12. The predicted octanol–water partition coefficient (Wildman–Crippen LogP) is 0.264. The van der Waals surface area contributed by atoms with Gasteiger partial charge in [-0.3, -0.25) is 4.90 Å². The molecule has 3 heteroatoms. The molecule has 1 rings (SSSR count). The van der Waals surface area contributed by atoms with Crippen molar-refractivity contribution in [1.82, 2.24) is 10.2 Å². The summed E-state index contributed by atoms with van der Waals surface area (Å²) in [5.41, 5.74) is 0. The van der Waals surface area contributed by atoms with Gasteiger partial charge in [0.1, 0.15) is 6.67 Å². The van der Waals surface area contributed by atoms with Crippen LogP contribution in [0.1, 0.15) is 6.92 Å². The highest BCUT2D eigenvalue weighted by atomic mass is 19.1. The van der Waals surface area contributed by atoms with Crippen LogP contribution in [0.4, 0.5) is 4.39 Å². The minimum atomic E-state index is -0.229. The molecule has 1 fully saturated rings. The zero-order chi connectivity index (χ0) is 7.40. The fourth-order valence-electron chi connectivity index (χ4n) is 1.26. The minimum Gasteiger partial charge on any atom is -0.298 e. The maximum atomic E-state index is 11.8. The van der Waals surface area contributed by atoms with E-state index in [1.165, 1.54) is 0 Å². The molecule has 1 aliphatic heterocycles. The Kier molecular flexibility index (Phi) is 3.09. The second kappa shape index (κ2) is 3.88. The van der Waals surface area contributed by atoms with Crippen molar-refractivity contribution < 1.29 is 4.39 Å². The average Bonchev–Trinajstić information content (AvgIpc) is 1.88. The van der Waals surface area contributed by atoms with Crippen LogP contribution in [0.3, 0.4) is 0 Å². The van der Waals surface area contributed by atoms with E-state index in [1.807, 2.05) is 0 Å². The molecule has 1 unspecified atom stereocenters. The number of piperazine rings is 1. The van der Waals surface area contributed by atoms with Crippen molar-refractivity contribution in [3.05, 3.63) is 0 Å². The molecule has 0 aromatic rings. The van der Waals surface area contributed by atoms with Gasteiger partial charge in [0.15, 0.2) is 0 Å². The van der Waals surface area contributed by atoms with E-state index in [2.05, 4.69) is 17.1 Å². The van der Waals surface area contributed by atoms with Gasteiger partial charge in [-0.25, -0.2) is 9.71 Å². The average molecular weight is 145 g/mol. The highest BCUT2D eigenvalue weighted by molar-refractivity contribution is 4.73. The summed E-state index contributed by atoms with van der Waals surface area (Å²) < 4.78 is 11.8. The van der Waals surface area contributed by atoms with Gasteiger partial charge in [-0.15, -0.1) is 0 Å². The fraction of sp³-hybridized carbons (Fsp3) is 1.00. The summed E-state index contributed by atoms with van der Waals surface area (Å²) in [6, 6.07) is 0.403. The quantitative estimate of drug-likeness (QED) is 0.545. The molecule has 59 valence electrons. The lowest BCUT2D eigenvalue weighted by atomic mass is 10.2. The van der Waals surface area contributed by atoms with E-state index in [9.17, 15) is 4.39 Å². The Morgan fingerprint density at radius 2 is 2.50 bits per heavy atom. The minimum absolute atomic E-state index is 0.229. The first-order valence-electron chi connectivity index (χ1n) is 3.78. The maximum Gasteiger partial charge on any atom is 0.102 e. The van der Waals surface area contributed by atoms with Crippen LogP contribution in [0.5, 0.6) is 0 Å². The van der Waals surface area contributed by atoms with Gasteiger partial charge in [0, 0.05) is 32.2 Å². The van der Waals surface area contributed by atoms with Crippen LogP contribution >= 0.6 is 0 Å². The van der Waals surface area contributed by atoms with E-state index in [-0.39, 0.29) is 6.67 Å². The van der Waals surface area contributed by atoms with Gasteiger partial charge in [-0.1, -0.05) is 0 Å². The Bertz CT molecular complexity index is 95.6. The molecule has 0 amide bonds. The number of alkyl halides is 1. The smallest absolute Gasteiger partial charge is 0.102 e. The molecule has 0 saturated carbocycles. The molecular weight excluding hydrogens is 131 g/mol. The molecule has 1 atom stereocenters. The van der Waals surface area contributed by atoms with Gasteiger partial charge in [0.2, 0.25) is 0 Å². The van der Waals surface area contributed by atoms with Crippen LogP contribution in [0.15, 0.2) is 0 Å². The summed E-state index contributed by atoms with van der Waals surface area (Å²) in [7, 11) is 0. The predicted molar refractivity (Wildman–Crippen MR) is 38.9 cm³/mol. The monoisotopic (exact) mass is 145 g/mol. The Morgan fingerprint density at radius 3 is 3.10 bits per heavy atom. The van der Waals surface area contributed by atoms with E-state index in [0.29, 0.717) is 12.6 Å². The molecule has 0 spiro atoms. The third kappa shape index (κ3) is 2.23. The van der Waals surface area contributed by atoms with Crippen LogP contribution in [0.25, 0.3) is 0 Å². The van der Waals surface area contributed by atoms with Crippen molar-refractivity contribution >= 4 is 0 Å². The van der Waals surface area contributed by atoms with Crippen LogP contribution in [-0.2, 0) is 0 Å². The molecule has 1 radical (unpaired) electrons. The van der Waals surface area contributed by atoms with Gasteiger partial charge in [0.25, 0.3) is 0 Å². The van der Waals surface area contributed by atoms with Crippen LogP contribution in [0.2, 0.25) is 0 Å². The van der Waals surface area contributed by atoms with Crippen molar-refractivity contribution in [1.29, 1.82) is 0 Å². The number of halogens is 1. The van der Waals surface area contributed by atoms with E-state index >= 15 is 0 Å². The topological polar surface area (TPSA) is 17.3 Å². The van der Waals surface area contributed by atoms with Crippen molar-refractivity contribution in [2.75, 3.05) is 32.9 Å². The van der Waals surface area contributed by atoms with Gasteiger partial charge < -0.3 is 0 Å².